The summed E-state index contributed by atoms with van der Waals surface area (Å²) in [5.41, 5.74) is 10.4. The van der Waals surface area contributed by atoms with Crippen molar-refractivity contribution in [3.05, 3.63) is 58.6 Å². The minimum absolute atomic E-state index is 0.0737. The number of halogens is 1. The van der Waals surface area contributed by atoms with Crippen LogP contribution in [-0.2, 0) is 0 Å². The van der Waals surface area contributed by atoms with Crippen LogP contribution in [0, 0.1) is 0 Å². The van der Waals surface area contributed by atoms with Crippen molar-refractivity contribution in [3.8, 4) is 16.9 Å². The highest BCUT2D eigenvalue weighted by molar-refractivity contribution is 6.33. The number of nitrogens with zero attached hydrogens (tertiary/aromatic N) is 1. The van der Waals surface area contributed by atoms with Gasteiger partial charge >= 0.3 is 0 Å². The number of hydrogen-bond donors (Lipinski definition) is 3. The molecule has 0 fully saturated rings. The van der Waals surface area contributed by atoms with E-state index in [1.165, 1.54) is 11.6 Å². The van der Waals surface area contributed by atoms with Crippen molar-refractivity contribution >= 4 is 23.0 Å². The molecule has 0 heterocycles. The van der Waals surface area contributed by atoms with Gasteiger partial charge < -0.3 is 16.0 Å². The van der Waals surface area contributed by atoms with Crippen LogP contribution < -0.4 is 5.73 Å². The van der Waals surface area contributed by atoms with Gasteiger partial charge in [0, 0.05) is 11.1 Å². The second kappa shape index (κ2) is 6.34. The zero-order chi connectivity index (χ0) is 16.4. The maximum absolute atomic E-state index is 9.58. The van der Waals surface area contributed by atoms with Crippen LogP contribution in [0.15, 0.2) is 47.6 Å². The fourth-order valence-corrected chi connectivity index (χ4v) is 3.29. The molecule has 118 valence electrons. The molecular formula is C18H17ClN2O2. The molecular weight excluding hydrogens is 312 g/mol. The fourth-order valence-electron chi connectivity index (χ4n) is 3.01. The maximum Gasteiger partial charge on any atom is 0.170 e. The number of hydrogen-bond acceptors (Lipinski definition) is 3. The summed E-state index contributed by atoms with van der Waals surface area (Å²) in [6.07, 6.45) is 5.23. The first-order chi connectivity index (χ1) is 11.1. The molecule has 4 N–H and O–H groups in total. The van der Waals surface area contributed by atoms with E-state index in [9.17, 15) is 5.11 Å². The minimum Gasteiger partial charge on any atom is -0.508 e. The first-order valence-electron chi connectivity index (χ1n) is 7.41. The lowest BCUT2D eigenvalue weighted by Gasteiger charge is -2.16. The van der Waals surface area contributed by atoms with Crippen LogP contribution in [0.5, 0.6) is 5.75 Å². The number of rotatable bonds is 3. The molecule has 0 atom stereocenters. The van der Waals surface area contributed by atoms with Gasteiger partial charge in [-0.15, -0.1) is 0 Å². The topological polar surface area (TPSA) is 78.8 Å². The van der Waals surface area contributed by atoms with Crippen LogP contribution in [0.4, 0.5) is 0 Å². The molecule has 5 heteroatoms. The predicted molar refractivity (Wildman–Crippen MR) is 92.9 cm³/mol. The Morgan fingerprint density at radius 2 is 2.00 bits per heavy atom. The number of phenolic OH excluding ortho intramolecular Hbond substituents is 1. The highest BCUT2D eigenvalue weighted by Crippen LogP contribution is 2.40. The van der Waals surface area contributed by atoms with E-state index in [2.05, 4.69) is 11.2 Å². The minimum atomic E-state index is 0.0737. The van der Waals surface area contributed by atoms with E-state index in [1.807, 2.05) is 18.2 Å². The van der Waals surface area contributed by atoms with E-state index in [0.29, 0.717) is 10.6 Å². The van der Waals surface area contributed by atoms with Gasteiger partial charge in [-0.1, -0.05) is 41.0 Å². The summed E-state index contributed by atoms with van der Waals surface area (Å²) in [5.74, 6) is 0.192. The normalized spacial score (nSPS) is 14.8. The number of nitrogens with two attached hydrogens (primary N) is 1. The van der Waals surface area contributed by atoms with Crippen molar-refractivity contribution in [2.24, 2.45) is 10.9 Å². The van der Waals surface area contributed by atoms with Gasteiger partial charge in [-0.05, 0) is 54.2 Å². The summed E-state index contributed by atoms with van der Waals surface area (Å²) in [6, 6.07) is 10.5. The Balaban J connectivity index is 2.28. The van der Waals surface area contributed by atoms with Crippen LogP contribution in [-0.4, -0.2) is 16.1 Å². The van der Waals surface area contributed by atoms with Gasteiger partial charge in [-0.2, -0.15) is 0 Å². The Labute approximate surface area is 139 Å². The smallest absolute Gasteiger partial charge is 0.170 e. The number of phenols is 1. The van der Waals surface area contributed by atoms with Gasteiger partial charge in [-0.25, -0.2) is 0 Å². The summed E-state index contributed by atoms with van der Waals surface area (Å²) in [5, 5.41) is 22.3. The highest BCUT2D eigenvalue weighted by Gasteiger charge is 2.20. The summed E-state index contributed by atoms with van der Waals surface area (Å²) >= 11 is 6.32. The number of benzene rings is 2. The zero-order valence-corrected chi connectivity index (χ0v) is 13.2. The molecule has 2 aromatic rings. The summed E-state index contributed by atoms with van der Waals surface area (Å²) < 4.78 is 0. The average molecular weight is 329 g/mol. The molecule has 0 amide bonds. The number of allylic oxidation sites excluding steroid dienone is 2. The SMILES string of the molecule is NC(=NO)c1cccc(-c2ccc(O)cc2Cl)c1C1=CCCC1. The largest absolute Gasteiger partial charge is 0.508 e. The van der Waals surface area contributed by atoms with E-state index < -0.39 is 0 Å². The highest BCUT2D eigenvalue weighted by atomic mass is 35.5. The van der Waals surface area contributed by atoms with Crippen LogP contribution >= 0.6 is 11.6 Å². The van der Waals surface area contributed by atoms with Gasteiger partial charge in [0.25, 0.3) is 0 Å². The molecule has 4 nitrogen and oxygen atoms in total. The van der Waals surface area contributed by atoms with Crippen molar-refractivity contribution < 1.29 is 10.3 Å². The molecule has 0 spiro atoms. The number of aromatic hydroxyl groups is 1. The van der Waals surface area contributed by atoms with Crippen LogP contribution in [0.25, 0.3) is 16.7 Å². The fraction of sp³-hybridized carbons (Fsp3) is 0.167. The van der Waals surface area contributed by atoms with E-state index in [1.54, 1.807) is 12.1 Å². The van der Waals surface area contributed by atoms with Gasteiger partial charge in [0.1, 0.15) is 5.75 Å². The second-order valence-electron chi connectivity index (χ2n) is 5.50. The molecule has 0 unspecified atom stereocenters. The molecule has 1 aliphatic carbocycles. The molecule has 1 aliphatic rings. The van der Waals surface area contributed by atoms with E-state index in [4.69, 9.17) is 22.5 Å². The lowest BCUT2D eigenvalue weighted by molar-refractivity contribution is 0.318. The van der Waals surface area contributed by atoms with Gasteiger partial charge in [0.2, 0.25) is 0 Å². The average Bonchev–Trinajstić information content (AvgIpc) is 3.07. The van der Waals surface area contributed by atoms with Crippen molar-refractivity contribution in [2.45, 2.75) is 19.3 Å². The Kier molecular flexibility index (Phi) is 4.26. The maximum atomic E-state index is 9.58. The molecule has 0 bridgehead atoms. The summed E-state index contributed by atoms with van der Waals surface area (Å²) in [6.45, 7) is 0. The van der Waals surface area contributed by atoms with Gasteiger partial charge in [0.05, 0.1) is 5.02 Å². The monoisotopic (exact) mass is 328 g/mol. The number of oxime groups is 1. The molecule has 2 aromatic carbocycles. The first kappa shape index (κ1) is 15.4. The van der Waals surface area contributed by atoms with Gasteiger partial charge in [-0.3, -0.25) is 0 Å². The Morgan fingerprint density at radius 1 is 1.17 bits per heavy atom. The lowest BCUT2D eigenvalue weighted by Crippen LogP contribution is -2.16. The van der Waals surface area contributed by atoms with Crippen LogP contribution in [0.3, 0.4) is 0 Å². The third kappa shape index (κ3) is 2.90. The Hall–Kier alpha value is -2.46. The van der Waals surface area contributed by atoms with Crippen molar-refractivity contribution in [2.75, 3.05) is 0 Å². The van der Waals surface area contributed by atoms with Crippen molar-refractivity contribution in [1.82, 2.24) is 0 Å². The third-order valence-electron chi connectivity index (χ3n) is 4.05. The molecule has 0 saturated heterocycles. The molecule has 0 saturated carbocycles. The summed E-state index contributed by atoms with van der Waals surface area (Å²) in [7, 11) is 0. The van der Waals surface area contributed by atoms with E-state index >= 15 is 0 Å². The second-order valence-corrected chi connectivity index (χ2v) is 5.91. The Bertz CT molecular complexity index is 813. The van der Waals surface area contributed by atoms with E-state index in [0.717, 1.165) is 36.0 Å². The molecule has 0 radical (unpaired) electrons. The van der Waals surface area contributed by atoms with Crippen molar-refractivity contribution in [3.63, 3.8) is 0 Å². The predicted octanol–water partition coefficient (Wildman–Crippen LogP) is 4.37. The van der Waals surface area contributed by atoms with Crippen LogP contribution in [0.1, 0.15) is 30.4 Å². The standard InChI is InChI=1S/C18H17ClN2O2/c19-16-10-12(22)8-9-13(16)14-6-3-7-15(18(20)21-23)17(14)11-4-1-2-5-11/h3-4,6-10,22-23H,1-2,5H2,(H2,20,21). The third-order valence-corrected chi connectivity index (χ3v) is 4.37. The zero-order valence-electron chi connectivity index (χ0n) is 12.5. The van der Waals surface area contributed by atoms with Gasteiger partial charge in [0.15, 0.2) is 5.84 Å². The Morgan fingerprint density at radius 3 is 2.65 bits per heavy atom. The molecule has 23 heavy (non-hydrogen) atoms. The summed E-state index contributed by atoms with van der Waals surface area (Å²) in [4.78, 5) is 0. The molecule has 0 aliphatic heterocycles. The molecule has 0 aromatic heterocycles. The van der Waals surface area contributed by atoms with Crippen molar-refractivity contribution in [1.29, 1.82) is 0 Å². The number of amidine groups is 1. The van der Waals surface area contributed by atoms with Crippen LogP contribution in [0.2, 0.25) is 5.02 Å². The lowest BCUT2D eigenvalue weighted by atomic mass is 9.89. The quantitative estimate of drug-likeness (QED) is 0.339. The van der Waals surface area contributed by atoms with E-state index in [-0.39, 0.29) is 11.6 Å². The molecule has 3 rings (SSSR count). The first-order valence-corrected chi connectivity index (χ1v) is 7.79.